The monoisotopic (exact) mass is 665 g/mol. The van der Waals surface area contributed by atoms with Gasteiger partial charge in [0, 0.05) is 37.7 Å². The third kappa shape index (κ3) is 7.25. The Labute approximate surface area is 259 Å². The Bertz CT molecular complexity index is 1770. The Hall–Kier alpha value is -3.75. The number of rotatable bonds is 7. The van der Waals surface area contributed by atoms with Gasteiger partial charge >= 0.3 is 0 Å². The third-order valence-corrected chi connectivity index (χ3v) is 8.68. The molecule has 0 radical (unpaired) electrons. The predicted molar refractivity (Wildman–Crippen MR) is 174 cm³/mol. The smallest absolute Gasteiger partial charge is 0.229 e. The van der Waals surface area contributed by atoms with Crippen LogP contribution in [0.2, 0.25) is 0 Å². The quantitative estimate of drug-likeness (QED) is 0.184. The van der Waals surface area contributed by atoms with Crippen molar-refractivity contribution in [1.29, 1.82) is 0 Å². The zero-order valence-corrected chi connectivity index (χ0v) is 27.1. The van der Waals surface area contributed by atoms with E-state index in [0.29, 0.717) is 81.6 Å². The standard InChI is InChI=1S/C30H33BrN7O4P/c1-30(2,39)9-8-19-16-23(25(41-3)17-24(19)38-12-14-42-15-13-38)36-29-34-18-20(31)28(37-29)35-22-7-6-21-26(33-11-10-32-21)27(22)43(4,5)40/h6-7,10-11,16-18,39H,12-15H2,1-5H3,(H2,34,35,36,37). The molecule has 43 heavy (non-hydrogen) atoms. The first-order chi connectivity index (χ1) is 20.4. The van der Waals surface area contributed by atoms with Crippen LogP contribution in [-0.2, 0) is 9.30 Å². The van der Waals surface area contributed by atoms with Gasteiger partial charge in [-0.05, 0) is 61.3 Å². The summed E-state index contributed by atoms with van der Waals surface area (Å²) in [6.07, 6.45) is 4.82. The summed E-state index contributed by atoms with van der Waals surface area (Å²) in [5, 5.41) is 17.5. The molecular weight excluding hydrogens is 633 g/mol. The van der Waals surface area contributed by atoms with E-state index in [1.54, 1.807) is 52.9 Å². The van der Waals surface area contributed by atoms with Crippen molar-refractivity contribution >= 4 is 68.2 Å². The second-order valence-corrected chi connectivity index (χ2v) is 14.9. The first-order valence-corrected chi connectivity index (χ1v) is 17.0. The maximum absolute atomic E-state index is 13.4. The summed E-state index contributed by atoms with van der Waals surface area (Å²) >= 11 is 3.54. The number of halogens is 1. The van der Waals surface area contributed by atoms with E-state index in [0.717, 1.165) is 5.69 Å². The van der Waals surface area contributed by atoms with Gasteiger partial charge < -0.3 is 34.7 Å². The number of hydrogen-bond donors (Lipinski definition) is 3. The minimum Gasteiger partial charge on any atom is -0.494 e. The molecule has 1 aliphatic heterocycles. The van der Waals surface area contributed by atoms with E-state index in [-0.39, 0.29) is 0 Å². The summed E-state index contributed by atoms with van der Waals surface area (Å²) in [6, 6.07) is 7.44. The number of morpholine rings is 1. The van der Waals surface area contributed by atoms with Crippen LogP contribution in [0.4, 0.5) is 28.8 Å². The van der Waals surface area contributed by atoms with Crippen molar-refractivity contribution in [3.63, 3.8) is 0 Å². The molecule has 11 nitrogen and oxygen atoms in total. The molecule has 0 atom stereocenters. The van der Waals surface area contributed by atoms with Crippen molar-refractivity contribution in [3.8, 4) is 17.6 Å². The summed E-state index contributed by atoms with van der Waals surface area (Å²) in [4.78, 5) is 20.2. The fourth-order valence-electron chi connectivity index (χ4n) is 4.65. The maximum atomic E-state index is 13.4. The molecule has 0 amide bonds. The molecule has 3 heterocycles. The van der Waals surface area contributed by atoms with Crippen LogP contribution in [0.15, 0.2) is 47.3 Å². The normalized spacial score (nSPS) is 13.8. The number of fused-ring (bicyclic) bond motifs is 1. The van der Waals surface area contributed by atoms with Gasteiger partial charge in [0.25, 0.3) is 0 Å². The van der Waals surface area contributed by atoms with Crippen LogP contribution in [0, 0.1) is 11.8 Å². The lowest BCUT2D eigenvalue weighted by molar-refractivity contribution is 0.122. The fourth-order valence-corrected chi connectivity index (χ4v) is 6.34. The number of aliphatic hydroxyl groups is 1. The molecule has 0 unspecified atom stereocenters. The van der Waals surface area contributed by atoms with Gasteiger partial charge in [-0.15, -0.1) is 0 Å². The summed E-state index contributed by atoms with van der Waals surface area (Å²) < 4.78 is 25.3. The van der Waals surface area contributed by atoms with E-state index in [2.05, 4.69) is 58.3 Å². The molecular formula is C30H33BrN7O4P. The van der Waals surface area contributed by atoms with Crippen LogP contribution in [0.1, 0.15) is 19.4 Å². The van der Waals surface area contributed by atoms with Crippen molar-refractivity contribution in [3.05, 3.63) is 52.9 Å². The summed E-state index contributed by atoms with van der Waals surface area (Å²) in [5.74, 6) is 7.39. The summed E-state index contributed by atoms with van der Waals surface area (Å²) in [7, 11) is -1.17. The van der Waals surface area contributed by atoms with Crippen LogP contribution >= 0.6 is 23.1 Å². The molecule has 1 aliphatic rings. The number of nitrogens with zero attached hydrogens (tertiary/aromatic N) is 5. The highest BCUT2D eigenvalue weighted by Gasteiger charge is 2.23. The van der Waals surface area contributed by atoms with Gasteiger partial charge in [0.1, 0.15) is 29.8 Å². The third-order valence-electron chi connectivity index (χ3n) is 6.57. The second-order valence-electron chi connectivity index (χ2n) is 10.9. The topological polar surface area (TPSA) is 135 Å². The first-order valence-electron chi connectivity index (χ1n) is 13.6. The highest BCUT2D eigenvalue weighted by Crippen LogP contribution is 2.41. The van der Waals surface area contributed by atoms with Crippen LogP contribution in [0.3, 0.4) is 0 Å². The minimum atomic E-state index is -2.77. The van der Waals surface area contributed by atoms with Crippen LogP contribution in [-0.4, -0.2) is 77.4 Å². The highest BCUT2D eigenvalue weighted by molar-refractivity contribution is 9.10. The number of hydrogen-bond acceptors (Lipinski definition) is 11. The van der Waals surface area contributed by atoms with E-state index in [9.17, 15) is 9.67 Å². The Morgan fingerprint density at radius 1 is 1.09 bits per heavy atom. The second kappa shape index (κ2) is 12.5. The Kier molecular flexibility index (Phi) is 8.90. The lowest BCUT2D eigenvalue weighted by Crippen LogP contribution is -2.36. The van der Waals surface area contributed by atoms with E-state index >= 15 is 0 Å². The Morgan fingerprint density at radius 2 is 1.84 bits per heavy atom. The lowest BCUT2D eigenvalue weighted by atomic mass is 10.1. The number of benzene rings is 2. The molecule has 0 spiro atoms. The zero-order chi connectivity index (χ0) is 30.8. The SMILES string of the molecule is COc1cc(N2CCOCC2)c(C#CC(C)(C)O)cc1Nc1ncc(Br)c(Nc2ccc3nccnc3c2P(C)(C)=O)n1. The van der Waals surface area contributed by atoms with Gasteiger partial charge in [0.2, 0.25) is 5.95 Å². The fraction of sp³-hybridized carbons (Fsp3) is 0.333. The van der Waals surface area contributed by atoms with E-state index in [1.807, 2.05) is 24.3 Å². The molecule has 2 aromatic carbocycles. The van der Waals surface area contributed by atoms with Crippen molar-refractivity contribution in [2.75, 3.05) is 62.3 Å². The molecule has 224 valence electrons. The molecule has 2 aromatic heterocycles. The van der Waals surface area contributed by atoms with Crippen molar-refractivity contribution in [1.82, 2.24) is 19.9 Å². The van der Waals surface area contributed by atoms with Gasteiger partial charge in [0.05, 0.1) is 58.2 Å². The molecule has 0 bridgehead atoms. The number of anilines is 5. The summed E-state index contributed by atoms with van der Waals surface area (Å²) in [6.45, 7) is 9.34. The molecule has 0 aliphatic carbocycles. The van der Waals surface area contributed by atoms with E-state index in [4.69, 9.17) is 14.5 Å². The van der Waals surface area contributed by atoms with Crippen LogP contribution in [0.25, 0.3) is 11.0 Å². The zero-order valence-electron chi connectivity index (χ0n) is 24.6. The van der Waals surface area contributed by atoms with Crippen molar-refractivity contribution in [2.24, 2.45) is 0 Å². The lowest BCUT2D eigenvalue weighted by Gasteiger charge is -2.30. The minimum absolute atomic E-state index is 0.294. The van der Waals surface area contributed by atoms with Gasteiger partial charge in [0.15, 0.2) is 0 Å². The van der Waals surface area contributed by atoms with Gasteiger partial charge in [-0.1, -0.05) is 11.8 Å². The van der Waals surface area contributed by atoms with E-state index < -0.39 is 12.7 Å². The van der Waals surface area contributed by atoms with E-state index in [1.165, 1.54) is 0 Å². The molecule has 1 saturated heterocycles. The number of nitrogens with one attached hydrogen (secondary N) is 2. The predicted octanol–water partition coefficient (Wildman–Crippen LogP) is 4.89. The van der Waals surface area contributed by atoms with Gasteiger partial charge in [-0.3, -0.25) is 9.97 Å². The van der Waals surface area contributed by atoms with Gasteiger partial charge in [-0.25, -0.2) is 4.98 Å². The van der Waals surface area contributed by atoms with Crippen molar-refractivity contribution in [2.45, 2.75) is 19.4 Å². The van der Waals surface area contributed by atoms with Crippen LogP contribution < -0.4 is 25.6 Å². The first kappa shape index (κ1) is 30.7. The molecule has 0 saturated carbocycles. The van der Waals surface area contributed by atoms with Gasteiger partial charge in [-0.2, -0.15) is 4.98 Å². The Balaban J connectivity index is 1.53. The average Bonchev–Trinajstić information content (AvgIpc) is 2.97. The molecule has 3 N–H and O–H groups in total. The molecule has 5 rings (SSSR count). The van der Waals surface area contributed by atoms with Crippen molar-refractivity contribution < 1.29 is 19.1 Å². The highest BCUT2D eigenvalue weighted by atomic mass is 79.9. The Morgan fingerprint density at radius 3 is 2.53 bits per heavy atom. The largest absolute Gasteiger partial charge is 0.494 e. The average molecular weight is 667 g/mol. The molecule has 4 aromatic rings. The summed E-state index contributed by atoms with van der Waals surface area (Å²) in [5.41, 5.74) is 2.88. The van der Waals surface area contributed by atoms with Crippen LogP contribution in [0.5, 0.6) is 5.75 Å². The molecule has 13 heteroatoms. The number of aromatic nitrogens is 4. The molecule has 1 fully saturated rings. The number of ether oxygens (including phenoxy) is 2. The maximum Gasteiger partial charge on any atom is 0.229 e. The number of methoxy groups -OCH3 is 1.